The average Bonchev–Trinajstić information content (AvgIpc) is 2.89. The van der Waals surface area contributed by atoms with Crippen LogP contribution in [0.3, 0.4) is 0 Å². The zero-order valence-corrected chi connectivity index (χ0v) is 13.5. The first-order chi connectivity index (χ1) is 12.0. The van der Waals surface area contributed by atoms with Crippen molar-refractivity contribution in [2.24, 2.45) is 0 Å². The van der Waals surface area contributed by atoms with E-state index in [0.717, 1.165) is 10.1 Å². The maximum Gasteiger partial charge on any atom is 0.420 e. The quantitative estimate of drug-likeness (QED) is 0.718. The first kappa shape index (κ1) is 16.5. The van der Waals surface area contributed by atoms with Crippen molar-refractivity contribution in [3.05, 3.63) is 64.6 Å². The summed E-state index contributed by atoms with van der Waals surface area (Å²) in [4.78, 5) is 35.5. The molecular formula is C18H16N2O5. The van der Waals surface area contributed by atoms with E-state index in [-0.39, 0.29) is 6.54 Å². The minimum atomic E-state index is -0.701. The largest absolute Gasteiger partial charge is 0.454 e. The van der Waals surface area contributed by atoms with Crippen LogP contribution in [0.4, 0.5) is 5.69 Å². The molecule has 0 saturated carbocycles. The topological polar surface area (TPSA) is 90.5 Å². The van der Waals surface area contributed by atoms with E-state index in [2.05, 4.69) is 5.32 Å². The minimum absolute atomic E-state index is 0.326. The molecule has 7 nitrogen and oxygen atoms in total. The van der Waals surface area contributed by atoms with Gasteiger partial charge in [-0.3, -0.25) is 14.2 Å². The highest BCUT2D eigenvalue weighted by Crippen LogP contribution is 2.12. The Kier molecular flexibility index (Phi) is 4.65. The lowest BCUT2D eigenvalue weighted by Crippen LogP contribution is -2.25. The number of anilines is 1. The van der Waals surface area contributed by atoms with Gasteiger partial charge >= 0.3 is 11.7 Å². The number of esters is 1. The van der Waals surface area contributed by atoms with Crippen LogP contribution in [0, 0.1) is 6.92 Å². The van der Waals surface area contributed by atoms with Gasteiger partial charge in [-0.15, -0.1) is 0 Å². The van der Waals surface area contributed by atoms with Crippen LogP contribution in [0.15, 0.2) is 57.7 Å². The number of aryl methyl sites for hydroxylation is 1. The Labute approximate surface area is 142 Å². The molecule has 1 N–H and O–H groups in total. The van der Waals surface area contributed by atoms with Gasteiger partial charge in [-0.05, 0) is 36.8 Å². The van der Waals surface area contributed by atoms with Crippen molar-refractivity contribution in [3.8, 4) is 0 Å². The van der Waals surface area contributed by atoms with E-state index in [1.165, 1.54) is 0 Å². The Hall–Kier alpha value is -3.35. The summed E-state index contributed by atoms with van der Waals surface area (Å²) in [7, 11) is 0. The fourth-order valence-electron chi connectivity index (χ4n) is 2.40. The maximum atomic E-state index is 11.9. The molecule has 0 spiro atoms. The van der Waals surface area contributed by atoms with Gasteiger partial charge in [-0.1, -0.05) is 24.3 Å². The number of para-hydroxylation sites is 2. The Bertz CT molecular complexity index is 986. The molecule has 128 valence electrons. The van der Waals surface area contributed by atoms with Gasteiger partial charge in [0.2, 0.25) is 0 Å². The van der Waals surface area contributed by atoms with E-state index < -0.39 is 24.2 Å². The number of oxazole rings is 1. The molecular weight excluding hydrogens is 324 g/mol. The summed E-state index contributed by atoms with van der Waals surface area (Å²) in [5, 5.41) is 2.63. The number of nitrogens with zero attached hydrogens (tertiary/aromatic N) is 1. The summed E-state index contributed by atoms with van der Waals surface area (Å²) < 4.78 is 11.1. The normalized spacial score (nSPS) is 10.6. The third kappa shape index (κ3) is 3.95. The lowest BCUT2D eigenvalue weighted by molar-refractivity contribution is -0.147. The van der Waals surface area contributed by atoms with Crippen LogP contribution in [0.1, 0.15) is 5.56 Å². The molecule has 7 heteroatoms. The Balaban J connectivity index is 1.58. The summed E-state index contributed by atoms with van der Waals surface area (Å²) >= 11 is 0. The van der Waals surface area contributed by atoms with E-state index >= 15 is 0 Å². The molecule has 0 aliphatic carbocycles. The van der Waals surface area contributed by atoms with Crippen molar-refractivity contribution >= 4 is 28.7 Å². The molecule has 0 fully saturated rings. The molecule has 0 saturated heterocycles. The SMILES string of the molecule is Cc1cccc(NC(=O)COC(=O)Cn2c(=O)oc3ccccc32)c1. The van der Waals surface area contributed by atoms with Crippen LogP contribution < -0.4 is 11.1 Å². The molecule has 1 aromatic heterocycles. The molecule has 0 aliphatic heterocycles. The molecule has 25 heavy (non-hydrogen) atoms. The molecule has 1 amide bonds. The van der Waals surface area contributed by atoms with Crippen LogP contribution in [-0.2, 0) is 20.9 Å². The van der Waals surface area contributed by atoms with Gasteiger partial charge in [-0.2, -0.15) is 0 Å². The molecule has 0 aliphatic rings. The fourth-order valence-corrected chi connectivity index (χ4v) is 2.40. The molecule has 0 bridgehead atoms. The van der Waals surface area contributed by atoms with Crippen molar-refractivity contribution in [2.45, 2.75) is 13.5 Å². The molecule has 0 radical (unpaired) electrons. The predicted octanol–water partition coefficient (Wildman–Crippen LogP) is 2.08. The highest BCUT2D eigenvalue weighted by molar-refractivity contribution is 5.92. The van der Waals surface area contributed by atoms with Crippen LogP contribution in [0.2, 0.25) is 0 Å². The number of nitrogens with one attached hydrogen (secondary N) is 1. The number of carbonyl (C=O) groups excluding carboxylic acids is 2. The highest BCUT2D eigenvalue weighted by Gasteiger charge is 2.14. The minimum Gasteiger partial charge on any atom is -0.454 e. The molecule has 0 atom stereocenters. The number of ether oxygens (including phenoxy) is 1. The lowest BCUT2D eigenvalue weighted by atomic mass is 10.2. The summed E-state index contributed by atoms with van der Waals surface area (Å²) in [6.07, 6.45) is 0. The van der Waals surface area contributed by atoms with Crippen molar-refractivity contribution < 1.29 is 18.7 Å². The standard InChI is InChI=1S/C18H16N2O5/c1-12-5-4-6-13(9-12)19-16(21)11-24-17(22)10-20-14-7-2-3-8-15(14)25-18(20)23/h2-9H,10-11H2,1H3,(H,19,21). The van der Waals surface area contributed by atoms with Crippen molar-refractivity contribution in [3.63, 3.8) is 0 Å². The Morgan fingerprint density at radius 3 is 2.76 bits per heavy atom. The summed E-state index contributed by atoms with van der Waals surface area (Å²) in [5.41, 5.74) is 2.50. The number of hydrogen-bond donors (Lipinski definition) is 1. The lowest BCUT2D eigenvalue weighted by Gasteiger charge is -2.07. The summed E-state index contributed by atoms with van der Waals surface area (Å²) in [5.74, 6) is -1.81. The summed E-state index contributed by atoms with van der Waals surface area (Å²) in [6, 6.07) is 14.0. The zero-order chi connectivity index (χ0) is 17.8. The monoisotopic (exact) mass is 340 g/mol. The number of aromatic nitrogens is 1. The van der Waals surface area contributed by atoms with Crippen molar-refractivity contribution in [2.75, 3.05) is 11.9 Å². The second kappa shape index (κ2) is 7.04. The van der Waals surface area contributed by atoms with E-state index in [4.69, 9.17) is 9.15 Å². The highest BCUT2D eigenvalue weighted by atomic mass is 16.5. The predicted molar refractivity (Wildman–Crippen MR) is 91.2 cm³/mol. The number of rotatable bonds is 5. The molecule has 0 unspecified atom stereocenters. The van der Waals surface area contributed by atoms with Crippen LogP contribution in [0.25, 0.3) is 11.1 Å². The van der Waals surface area contributed by atoms with Crippen LogP contribution in [-0.4, -0.2) is 23.1 Å². The van der Waals surface area contributed by atoms with Gasteiger partial charge in [0, 0.05) is 5.69 Å². The molecule has 2 aromatic carbocycles. The molecule has 3 aromatic rings. The van der Waals surface area contributed by atoms with Gasteiger partial charge in [0.25, 0.3) is 5.91 Å². The summed E-state index contributed by atoms with van der Waals surface area (Å²) in [6.45, 7) is 1.15. The number of carbonyl (C=O) groups is 2. The second-order valence-electron chi connectivity index (χ2n) is 5.50. The number of hydrogen-bond acceptors (Lipinski definition) is 5. The van der Waals surface area contributed by atoms with Crippen LogP contribution >= 0.6 is 0 Å². The first-order valence-electron chi connectivity index (χ1n) is 7.63. The van der Waals surface area contributed by atoms with Crippen molar-refractivity contribution in [1.82, 2.24) is 4.57 Å². The fraction of sp³-hybridized carbons (Fsp3) is 0.167. The molecule has 3 rings (SSSR count). The Morgan fingerprint density at radius 2 is 1.96 bits per heavy atom. The third-order valence-electron chi connectivity index (χ3n) is 3.53. The number of benzene rings is 2. The van der Waals surface area contributed by atoms with Gasteiger partial charge in [0.1, 0.15) is 6.54 Å². The van der Waals surface area contributed by atoms with E-state index in [1.807, 2.05) is 19.1 Å². The Morgan fingerprint density at radius 1 is 1.16 bits per heavy atom. The molecule has 1 heterocycles. The van der Waals surface area contributed by atoms with Gasteiger partial charge < -0.3 is 14.5 Å². The smallest absolute Gasteiger partial charge is 0.420 e. The van der Waals surface area contributed by atoms with Gasteiger partial charge in [-0.25, -0.2) is 4.79 Å². The van der Waals surface area contributed by atoms with Gasteiger partial charge in [0.15, 0.2) is 12.2 Å². The number of amides is 1. The first-order valence-corrected chi connectivity index (χ1v) is 7.63. The van der Waals surface area contributed by atoms with E-state index in [9.17, 15) is 14.4 Å². The van der Waals surface area contributed by atoms with E-state index in [1.54, 1.807) is 36.4 Å². The zero-order valence-electron chi connectivity index (χ0n) is 13.5. The van der Waals surface area contributed by atoms with Crippen LogP contribution in [0.5, 0.6) is 0 Å². The average molecular weight is 340 g/mol. The third-order valence-corrected chi connectivity index (χ3v) is 3.53. The van der Waals surface area contributed by atoms with Gasteiger partial charge in [0.05, 0.1) is 5.52 Å². The maximum absolute atomic E-state index is 11.9. The second-order valence-corrected chi connectivity index (χ2v) is 5.50. The van der Waals surface area contributed by atoms with Crippen molar-refractivity contribution in [1.29, 1.82) is 0 Å². The number of fused-ring (bicyclic) bond motifs is 1. The van der Waals surface area contributed by atoms with E-state index in [0.29, 0.717) is 16.8 Å².